The van der Waals surface area contributed by atoms with Crippen LogP contribution in [-0.4, -0.2) is 21.3 Å². The molecule has 3 heterocycles. The number of esters is 1. The van der Waals surface area contributed by atoms with E-state index < -0.39 is 5.97 Å². The van der Waals surface area contributed by atoms with Gasteiger partial charge in [0.25, 0.3) is 0 Å². The van der Waals surface area contributed by atoms with E-state index in [1.54, 1.807) is 34.7 Å². The molecule has 8 heteroatoms. The molecule has 0 saturated carbocycles. The fourth-order valence-corrected chi connectivity index (χ4v) is 3.41. The largest absolute Gasteiger partial charge is 0.402 e. The zero-order chi connectivity index (χ0) is 16.0. The normalized spacial score (nSPS) is 16.2. The SMILES string of the molecule is O=C1OC(c2ccccc2Cl)=N/C1=C\c1c(Cl)nc2sccn12. The topological polar surface area (TPSA) is 56.0 Å². The molecule has 0 saturated heterocycles. The predicted molar refractivity (Wildman–Crippen MR) is 90.1 cm³/mol. The van der Waals surface area contributed by atoms with Crippen LogP contribution in [0.2, 0.25) is 10.2 Å². The van der Waals surface area contributed by atoms with Crippen LogP contribution in [0, 0.1) is 0 Å². The summed E-state index contributed by atoms with van der Waals surface area (Å²) in [6, 6.07) is 7.03. The summed E-state index contributed by atoms with van der Waals surface area (Å²) >= 11 is 13.7. The van der Waals surface area contributed by atoms with E-state index in [-0.39, 0.29) is 11.6 Å². The zero-order valence-electron chi connectivity index (χ0n) is 11.4. The molecule has 0 spiro atoms. The van der Waals surface area contributed by atoms with Crippen LogP contribution in [0.4, 0.5) is 0 Å². The Hall–Kier alpha value is -2.15. The summed E-state index contributed by atoms with van der Waals surface area (Å²) in [7, 11) is 0. The lowest BCUT2D eigenvalue weighted by Crippen LogP contribution is -2.05. The summed E-state index contributed by atoms with van der Waals surface area (Å²) in [5, 5.41) is 2.65. The number of hydrogen-bond acceptors (Lipinski definition) is 5. The lowest BCUT2D eigenvalue weighted by atomic mass is 10.2. The maximum Gasteiger partial charge on any atom is 0.363 e. The minimum Gasteiger partial charge on any atom is -0.402 e. The number of rotatable bonds is 2. The molecule has 0 bridgehead atoms. The van der Waals surface area contributed by atoms with Crippen molar-refractivity contribution in [3.63, 3.8) is 0 Å². The fourth-order valence-electron chi connectivity index (χ4n) is 2.19. The molecular formula is C15H7Cl2N3O2S. The highest BCUT2D eigenvalue weighted by Crippen LogP contribution is 2.27. The van der Waals surface area contributed by atoms with Crippen molar-refractivity contribution in [2.45, 2.75) is 0 Å². The van der Waals surface area contributed by atoms with Crippen molar-refractivity contribution in [2.75, 3.05) is 0 Å². The minimum absolute atomic E-state index is 0.148. The van der Waals surface area contributed by atoms with Gasteiger partial charge in [-0.15, -0.1) is 11.3 Å². The Morgan fingerprint density at radius 2 is 2.09 bits per heavy atom. The highest BCUT2D eigenvalue weighted by Gasteiger charge is 2.26. The van der Waals surface area contributed by atoms with Gasteiger partial charge >= 0.3 is 5.97 Å². The van der Waals surface area contributed by atoms with Gasteiger partial charge in [-0.05, 0) is 18.2 Å². The van der Waals surface area contributed by atoms with Crippen LogP contribution >= 0.6 is 34.5 Å². The third-order valence-corrected chi connectivity index (χ3v) is 4.62. The standard InChI is InChI=1S/C15H7Cl2N3O2S/c16-9-4-2-1-3-8(9)13-18-10(14(21)22-13)7-11-12(17)19-15-20(11)5-6-23-15/h1-7H/b10-7-. The van der Waals surface area contributed by atoms with E-state index in [1.807, 2.05) is 11.6 Å². The van der Waals surface area contributed by atoms with E-state index in [9.17, 15) is 4.79 Å². The first-order chi connectivity index (χ1) is 11.1. The van der Waals surface area contributed by atoms with Gasteiger partial charge in [-0.1, -0.05) is 35.3 Å². The van der Waals surface area contributed by atoms with E-state index in [4.69, 9.17) is 27.9 Å². The van der Waals surface area contributed by atoms with Crippen molar-refractivity contribution in [1.29, 1.82) is 0 Å². The average Bonchev–Trinajstić information content (AvgIpc) is 3.18. The maximum absolute atomic E-state index is 12.1. The molecule has 0 radical (unpaired) electrons. The first-order valence-electron chi connectivity index (χ1n) is 6.52. The highest BCUT2D eigenvalue weighted by atomic mass is 35.5. The second kappa shape index (κ2) is 5.49. The van der Waals surface area contributed by atoms with Crippen molar-refractivity contribution in [2.24, 2.45) is 4.99 Å². The number of cyclic esters (lactones) is 1. The molecule has 3 aromatic rings. The van der Waals surface area contributed by atoms with Crippen LogP contribution in [0.25, 0.3) is 11.0 Å². The van der Waals surface area contributed by atoms with Gasteiger partial charge in [0.05, 0.1) is 16.3 Å². The number of fused-ring (bicyclic) bond motifs is 1. The first-order valence-corrected chi connectivity index (χ1v) is 8.15. The van der Waals surface area contributed by atoms with E-state index in [0.29, 0.717) is 21.4 Å². The van der Waals surface area contributed by atoms with Crippen molar-refractivity contribution >= 4 is 57.4 Å². The molecule has 1 aromatic carbocycles. The molecule has 0 atom stereocenters. The van der Waals surface area contributed by atoms with Gasteiger partial charge in [0.15, 0.2) is 15.8 Å². The number of imidazole rings is 1. The molecule has 2 aromatic heterocycles. The predicted octanol–water partition coefficient (Wildman–Crippen LogP) is 4.05. The highest BCUT2D eigenvalue weighted by molar-refractivity contribution is 7.15. The molecular weight excluding hydrogens is 357 g/mol. The van der Waals surface area contributed by atoms with Gasteiger partial charge < -0.3 is 4.74 Å². The summed E-state index contributed by atoms with van der Waals surface area (Å²) in [6.07, 6.45) is 3.38. The Kier molecular flexibility index (Phi) is 3.45. The van der Waals surface area contributed by atoms with Crippen molar-refractivity contribution in [3.8, 4) is 0 Å². The lowest BCUT2D eigenvalue weighted by molar-refractivity contribution is -0.129. The third-order valence-electron chi connectivity index (χ3n) is 3.25. The lowest BCUT2D eigenvalue weighted by Gasteiger charge is -2.00. The number of benzene rings is 1. The second-order valence-corrected chi connectivity index (χ2v) is 6.30. The Morgan fingerprint density at radius 3 is 2.91 bits per heavy atom. The molecule has 1 aliphatic rings. The van der Waals surface area contributed by atoms with Gasteiger partial charge in [-0.2, -0.15) is 0 Å². The van der Waals surface area contributed by atoms with Crippen LogP contribution < -0.4 is 0 Å². The Bertz CT molecular complexity index is 1000. The molecule has 114 valence electrons. The summed E-state index contributed by atoms with van der Waals surface area (Å²) in [6.45, 7) is 0. The third kappa shape index (κ3) is 2.45. The summed E-state index contributed by atoms with van der Waals surface area (Å²) in [5.74, 6) is -0.379. The molecule has 1 aliphatic heterocycles. The number of aliphatic imine (C=N–C) groups is 1. The number of nitrogens with zero attached hydrogens (tertiary/aromatic N) is 3. The first kappa shape index (κ1) is 14.4. The number of carbonyl (C=O) groups excluding carboxylic acids is 1. The Morgan fingerprint density at radius 1 is 1.26 bits per heavy atom. The Balaban J connectivity index is 1.80. The van der Waals surface area contributed by atoms with Gasteiger partial charge in [-0.25, -0.2) is 14.8 Å². The number of carbonyl (C=O) groups is 1. The zero-order valence-corrected chi connectivity index (χ0v) is 13.7. The van der Waals surface area contributed by atoms with E-state index in [1.165, 1.54) is 11.3 Å². The summed E-state index contributed by atoms with van der Waals surface area (Å²) in [5.41, 5.74) is 1.29. The second-order valence-electron chi connectivity index (χ2n) is 4.66. The smallest absolute Gasteiger partial charge is 0.363 e. The molecule has 23 heavy (non-hydrogen) atoms. The number of halogens is 2. The molecule has 4 rings (SSSR count). The number of ether oxygens (including phenoxy) is 1. The number of thiazole rings is 1. The fraction of sp³-hybridized carbons (Fsp3) is 0. The van der Waals surface area contributed by atoms with E-state index >= 15 is 0 Å². The number of aromatic nitrogens is 2. The minimum atomic E-state index is -0.554. The molecule has 0 unspecified atom stereocenters. The van der Waals surface area contributed by atoms with Crippen molar-refractivity contribution in [1.82, 2.24) is 9.38 Å². The number of hydrogen-bond donors (Lipinski definition) is 0. The summed E-state index contributed by atoms with van der Waals surface area (Å²) in [4.78, 5) is 21.2. The quantitative estimate of drug-likeness (QED) is 0.509. The summed E-state index contributed by atoms with van der Waals surface area (Å²) < 4.78 is 7.00. The van der Waals surface area contributed by atoms with Crippen molar-refractivity contribution < 1.29 is 9.53 Å². The maximum atomic E-state index is 12.1. The molecule has 0 amide bonds. The Labute approximate surface area is 144 Å². The molecule has 0 aliphatic carbocycles. The van der Waals surface area contributed by atoms with Crippen LogP contribution in [0.3, 0.4) is 0 Å². The van der Waals surface area contributed by atoms with Crippen LogP contribution in [0.15, 0.2) is 46.5 Å². The molecule has 5 nitrogen and oxygen atoms in total. The molecule has 0 fully saturated rings. The van der Waals surface area contributed by atoms with Gasteiger partial charge in [0, 0.05) is 11.6 Å². The van der Waals surface area contributed by atoms with Gasteiger partial charge in [0.1, 0.15) is 0 Å². The van der Waals surface area contributed by atoms with Gasteiger partial charge in [-0.3, -0.25) is 4.40 Å². The molecule has 0 N–H and O–H groups in total. The van der Waals surface area contributed by atoms with Crippen LogP contribution in [0.5, 0.6) is 0 Å². The van der Waals surface area contributed by atoms with E-state index in [2.05, 4.69) is 9.98 Å². The van der Waals surface area contributed by atoms with Crippen molar-refractivity contribution in [3.05, 3.63) is 63.0 Å². The van der Waals surface area contributed by atoms with Crippen LogP contribution in [0.1, 0.15) is 11.3 Å². The van der Waals surface area contributed by atoms with E-state index in [0.717, 1.165) is 4.96 Å². The average molecular weight is 364 g/mol. The van der Waals surface area contributed by atoms with Gasteiger partial charge in [0.2, 0.25) is 5.90 Å². The van der Waals surface area contributed by atoms with Crippen LogP contribution in [-0.2, 0) is 9.53 Å². The monoisotopic (exact) mass is 363 g/mol.